The topological polar surface area (TPSA) is 66.2 Å². The smallest absolute Gasteiger partial charge is 0.170 e. The van der Waals surface area contributed by atoms with Crippen LogP contribution in [-0.4, -0.2) is 42.8 Å². The number of aliphatic hydroxyl groups excluding tert-OH is 1. The van der Waals surface area contributed by atoms with Crippen LogP contribution in [0.4, 0.5) is 0 Å². The molecule has 1 saturated heterocycles. The van der Waals surface area contributed by atoms with E-state index in [1.54, 1.807) is 12.4 Å². The van der Waals surface area contributed by atoms with Crippen LogP contribution in [0.1, 0.15) is 23.5 Å². The highest BCUT2D eigenvalue weighted by atomic mass is 35.5. The van der Waals surface area contributed by atoms with Gasteiger partial charge in [-0.15, -0.1) is 0 Å². The molecule has 6 nitrogen and oxygen atoms in total. The molecule has 0 saturated carbocycles. The Balaban J connectivity index is 1.80. The predicted molar refractivity (Wildman–Crippen MR) is 108 cm³/mol. The van der Waals surface area contributed by atoms with Gasteiger partial charge in [-0.2, -0.15) is 0 Å². The fraction of sp³-hybridized carbons (Fsp3) is 0.211. The first-order valence-electron chi connectivity index (χ1n) is 8.57. The number of nitrogens with zero attached hydrogens (tertiary/aromatic N) is 4. The maximum absolute atomic E-state index is 9.55. The second kappa shape index (κ2) is 7.64. The molecule has 0 unspecified atom stereocenters. The fourth-order valence-corrected chi connectivity index (χ4v) is 3.87. The lowest BCUT2D eigenvalue weighted by Gasteiger charge is -2.28. The fourth-order valence-electron chi connectivity index (χ4n) is 3.43. The summed E-state index contributed by atoms with van der Waals surface area (Å²) in [6.45, 7) is 0.437. The number of nitrogens with one attached hydrogen (secondary N) is 1. The quantitative estimate of drug-likeness (QED) is 0.643. The zero-order chi connectivity index (χ0) is 18.8. The average molecular weight is 400 g/mol. The molecule has 27 heavy (non-hydrogen) atoms. The van der Waals surface area contributed by atoms with Crippen molar-refractivity contribution in [1.82, 2.24) is 24.8 Å². The highest BCUT2D eigenvalue weighted by molar-refractivity contribution is 7.80. The van der Waals surface area contributed by atoms with Gasteiger partial charge in [0, 0.05) is 30.8 Å². The van der Waals surface area contributed by atoms with E-state index in [0.717, 1.165) is 17.2 Å². The van der Waals surface area contributed by atoms with Crippen LogP contribution in [0.2, 0.25) is 5.02 Å². The maximum Gasteiger partial charge on any atom is 0.170 e. The normalized spacial score (nSPS) is 19.3. The molecule has 3 aromatic rings. The van der Waals surface area contributed by atoms with E-state index in [1.807, 2.05) is 58.1 Å². The lowest BCUT2D eigenvalue weighted by atomic mass is 10.0. The van der Waals surface area contributed by atoms with Crippen LogP contribution in [0, 0.1) is 0 Å². The SMILES string of the molecule is OCCN1C(=S)N[C@@H](c2ccccn2)[C@@H]1c1cccn1-c1ccc(Cl)cn1. The van der Waals surface area contributed by atoms with Gasteiger partial charge >= 0.3 is 0 Å². The molecule has 0 bridgehead atoms. The van der Waals surface area contributed by atoms with Crippen LogP contribution in [0.15, 0.2) is 61.1 Å². The molecule has 2 N–H and O–H groups in total. The van der Waals surface area contributed by atoms with Crippen LogP contribution in [0.3, 0.4) is 0 Å². The number of hydrogen-bond acceptors (Lipinski definition) is 4. The molecule has 3 aromatic heterocycles. The lowest BCUT2D eigenvalue weighted by molar-refractivity contribution is 0.220. The molecule has 2 atom stereocenters. The van der Waals surface area contributed by atoms with Gasteiger partial charge in [0.1, 0.15) is 5.82 Å². The Morgan fingerprint density at radius 2 is 2.04 bits per heavy atom. The Hall–Kier alpha value is -2.48. The Morgan fingerprint density at radius 1 is 1.15 bits per heavy atom. The molecule has 4 rings (SSSR count). The van der Waals surface area contributed by atoms with Gasteiger partial charge < -0.3 is 19.9 Å². The highest BCUT2D eigenvalue weighted by Crippen LogP contribution is 2.39. The second-order valence-electron chi connectivity index (χ2n) is 6.18. The molecule has 1 fully saturated rings. The van der Waals surface area contributed by atoms with Gasteiger partial charge in [-0.3, -0.25) is 4.98 Å². The van der Waals surface area contributed by atoms with Crippen LogP contribution < -0.4 is 5.32 Å². The monoisotopic (exact) mass is 399 g/mol. The second-order valence-corrected chi connectivity index (χ2v) is 7.00. The van der Waals surface area contributed by atoms with Crippen molar-refractivity contribution in [2.45, 2.75) is 12.1 Å². The number of thiocarbonyl (C=S) groups is 1. The molecule has 4 heterocycles. The Labute approximate surface area is 167 Å². The molecule has 0 radical (unpaired) electrons. The van der Waals surface area contributed by atoms with Crippen molar-refractivity contribution < 1.29 is 5.11 Å². The molecule has 0 aliphatic carbocycles. The zero-order valence-electron chi connectivity index (χ0n) is 14.4. The van der Waals surface area contributed by atoms with E-state index in [4.69, 9.17) is 23.8 Å². The molecule has 1 aliphatic rings. The van der Waals surface area contributed by atoms with E-state index in [-0.39, 0.29) is 18.7 Å². The van der Waals surface area contributed by atoms with Gasteiger partial charge in [-0.05, 0) is 48.6 Å². The van der Waals surface area contributed by atoms with Crippen LogP contribution >= 0.6 is 23.8 Å². The van der Waals surface area contributed by atoms with Gasteiger partial charge in [-0.1, -0.05) is 17.7 Å². The third-order valence-electron chi connectivity index (χ3n) is 4.58. The highest BCUT2D eigenvalue weighted by Gasteiger charge is 2.40. The number of halogens is 1. The van der Waals surface area contributed by atoms with Crippen molar-refractivity contribution in [1.29, 1.82) is 0 Å². The molecule has 138 valence electrons. The first-order valence-corrected chi connectivity index (χ1v) is 9.36. The van der Waals surface area contributed by atoms with Gasteiger partial charge in [0.05, 0.1) is 29.4 Å². The van der Waals surface area contributed by atoms with E-state index in [1.165, 1.54) is 0 Å². The summed E-state index contributed by atoms with van der Waals surface area (Å²) in [7, 11) is 0. The molecular formula is C19H18ClN5OS. The van der Waals surface area contributed by atoms with Crippen molar-refractivity contribution in [3.05, 3.63) is 77.5 Å². The number of rotatable bonds is 5. The van der Waals surface area contributed by atoms with Crippen molar-refractivity contribution in [2.24, 2.45) is 0 Å². The molecule has 1 aliphatic heterocycles. The van der Waals surface area contributed by atoms with Gasteiger partial charge in [0.25, 0.3) is 0 Å². The Morgan fingerprint density at radius 3 is 2.74 bits per heavy atom. The van der Waals surface area contributed by atoms with Gasteiger partial charge in [0.15, 0.2) is 5.11 Å². The summed E-state index contributed by atoms with van der Waals surface area (Å²) < 4.78 is 2.01. The largest absolute Gasteiger partial charge is 0.395 e. The first kappa shape index (κ1) is 17.9. The van der Waals surface area contributed by atoms with E-state index in [0.29, 0.717) is 16.7 Å². The standard InChI is InChI=1S/C19H18ClN5OS/c20-13-6-7-16(22-12-13)24-9-3-5-15(24)18-17(14-4-1-2-8-21-14)23-19(27)25(18)10-11-26/h1-9,12,17-18,26H,10-11H2,(H,23,27)/t17-,18-/m0/s1. The van der Waals surface area contributed by atoms with Crippen molar-refractivity contribution in [3.63, 3.8) is 0 Å². The van der Waals surface area contributed by atoms with E-state index in [9.17, 15) is 5.11 Å². The number of aromatic nitrogens is 3. The van der Waals surface area contributed by atoms with E-state index < -0.39 is 0 Å². The Kier molecular flexibility index (Phi) is 5.07. The van der Waals surface area contributed by atoms with Crippen LogP contribution in [0.25, 0.3) is 5.82 Å². The Bertz CT molecular complexity index is 931. The average Bonchev–Trinajstić information content (AvgIpc) is 3.28. The summed E-state index contributed by atoms with van der Waals surface area (Å²) in [4.78, 5) is 10.9. The summed E-state index contributed by atoms with van der Waals surface area (Å²) in [6, 6.07) is 13.3. The van der Waals surface area contributed by atoms with Crippen LogP contribution in [0.5, 0.6) is 0 Å². The lowest BCUT2D eigenvalue weighted by Crippen LogP contribution is -2.33. The van der Waals surface area contributed by atoms with Crippen molar-refractivity contribution >= 4 is 28.9 Å². The van der Waals surface area contributed by atoms with E-state index >= 15 is 0 Å². The van der Waals surface area contributed by atoms with E-state index in [2.05, 4.69) is 15.3 Å². The molecule has 0 spiro atoms. The summed E-state index contributed by atoms with van der Waals surface area (Å²) in [5, 5.41) is 14.1. The summed E-state index contributed by atoms with van der Waals surface area (Å²) in [6.07, 6.45) is 5.35. The summed E-state index contributed by atoms with van der Waals surface area (Å²) in [5.41, 5.74) is 1.89. The first-order chi connectivity index (χ1) is 13.2. The van der Waals surface area contributed by atoms with Crippen LogP contribution in [-0.2, 0) is 0 Å². The number of pyridine rings is 2. The maximum atomic E-state index is 9.55. The predicted octanol–water partition coefficient (Wildman–Crippen LogP) is 2.89. The minimum atomic E-state index is -0.133. The minimum absolute atomic E-state index is 0.00710. The number of aliphatic hydroxyl groups is 1. The molecule has 0 aromatic carbocycles. The van der Waals surface area contributed by atoms with Gasteiger partial charge in [0.2, 0.25) is 0 Å². The third-order valence-corrected chi connectivity index (χ3v) is 5.16. The van der Waals surface area contributed by atoms with Crippen molar-refractivity contribution in [3.8, 4) is 5.82 Å². The number of hydrogen-bond donors (Lipinski definition) is 2. The molecule has 0 amide bonds. The number of β-amino-alcohol motifs (C(OH)–C–C–N with tert-alkyl or cyclic N) is 1. The molecule has 8 heteroatoms. The summed E-state index contributed by atoms with van der Waals surface area (Å²) >= 11 is 11.5. The molecular weight excluding hydrogens is 382 g/mol. The summed E-state index contributed by atoms with van der Waals surface area (Å²) in [5.74, 6) is 0.765. The van der Waals surface area contributed by atoms with Gasteiger partial charge in [-0.25, -0.2) is 4.98 Å². The zero-order valence-corrected chi connectivity index (χ0v) is 15.9. The minimum Gasteiger partial charge on any atom is -0.395 e. The van der Waals surface area contributed by atoms with Crippen molar-refractivity contribution in [2.75, 3.05) is 13.2 Å². The third kappa shape index (κ3) is 3.41.